The molecule has 0 aromatic heterocycles. The summed E-state index contributed by atoms with van der Waals surface area (Å²) in [6.07, 6.45) is 1.06. The van der Waals surface area contributed by atoms with Crippen LogP contribution in [0.15, 0.2) is 0 Å². The van der Waals surface area contributed by atoms with Gasteiger partial charge < -0.3 is 16.3 Å². The molecule has 0 bridgehead atoms. The molecule has 0 radical (unpaired) electrons. The van der Waals surface area contributed by atoms with Crippen LogP contribution in [-0.2, 0) is 0 Å². The minimum atomic E-state index is -0.602. The molecule has 1 atom stereocenters. The average molecular weight is 107 g/mol. The van der Waals surface area contributed by atoms with Crippen molar-refractivity contribution in [1.82, 2.24) is 0 Å². The molecule has 46 valence electrons. The first-order valence-electron chi connectivity index (χ1n) is 2.21. The molecular formula is C4H13NO2. The van der Waals surface area contributed by atoms with Crippen LogP contribution in [0.5, 0.6) is 0 Å². The van der Waals surface area contributed by atoms with Crippen molar-refractivity contribution >= 4 is 0 Å². The van der Waals surface area contributed by atoms with Crippen molar-refractivity contribution in [1.29, 1.82) is 0 Å². The highest BCUT2D eigenvalue weighted by atomic mass is 16.3. The van der Waals surface area contributed by atoms with Gasteiger partial charge in [0, 0.05) is 0 Å². The zero-order chi connectivity index (χ0) is 4.99. The van der Waals surface area contributed by atoms with Crippen LogP contribution in [0.25, 0.3) is 0 Å². The molecule has 0 fully saturated rings. The van der Waals surface area contributed by atoms with Crippen molar-refractivity contribution in [2.75, 3.05) is 0 Å². The number of rotatable bonds is 2. The van der Waals surface area contributed by atoms with Gasteiger partial charge in [0.2, 0.25) is 0 Å². The van der Waals surface area contributed by atoms with Crippen molar-refractivity contribution in [3.63, 3.8) is 0 Å². The Morgan fingerprint density at radius 3 is 2.14 bits per heavy atom. The zero-order valence-electron chi connectivity index (χ0n) is 4.52. The second kappa shape index (κ2) is 5.88. The maximum atomic E-state index is 8.33. The minimum Gasteiger partial charge on any atom is -0.412 e. The summed E-state index contributed by atoms with van der Waals surface area (Å²) < 4.78 is 0. The Labute approximate surface area is 43.4 Å². The maximum Gasteiger partial charge on any atom is 0.102 e. The Kier molecular flexibility index (Phi) is 8.39. The zero-order valence-corrected chi connectivity index (χ0v) is 4.52. The molecule has 0 aliphatic carbocycles. The van der Waals surface area contributed by atoms with Crippen LogP contribution in [-0.4, -0.2) is 16.8 Å². The van der Waals surface area contributed by atoms with E-state index in [1.165, 1.54) is 0 Å². The average Bonchev–Trinajstić information content (AvgIpc) is 1.35. The molecule has 0 saturated heterocycles. The lowest BCUT2D eigenvalue weighted by Crippen LogP contribution is -2.17. The highest BCUT2D eigenvalue weighted by Crippen LogP contribution is 1.85. The molecule has 0 rings (SSSR count). The van der Waals surface area contributed by atoms with Crippen LogP contribution in [0.2, 0.25) is 0 Å². The first-order valence-corrected chi connectivity index (χ1v) is 2.21. The summed E-state index contributed by atoms with van der Waals surface area (Å²) in [4.78, 5) is 0. The largest absolute Gasteiger partial charge is 0.412 e. The number of nitrogens with two attached hydrogens (primary N) is 1. The summed E-state index contributed by atoms with van der Waals surface area (Å²) in [7, 11) is 0. The van der Waals surface area contributed by atoms with Crippen LogP contribution >= 0.6 is 0 Å². The molecule has 0 aliphatic rings. The predicted molar refractivity (Wildman–Crippen MR) is 28.7 cm³/mol. The molecule has 0 aliphatic heterocycles. The molecule has 0 heterocycles. The monoisotopic (exact) mass is 107 g/mol. The number of hydrogen-bond acceptors (Lipinski definition) is 2. The predicted octanol–water partition coefficient (Wildman–Crippen LogP) is -0.761. The SMILES string of the molecule is CCCC(N)O.O. The summed E-state index contributed by atoms with van der Waals surface area (Å²) >= 11 is 0. The van der Waals surface area contributed by atoms with E-state index in [0.717, 1.165) is 6.42 Å². The van der Waals surface area contributed by atoms with Crippen LogP contribution in [0.1, 0.15) is 19.8 Å². The molecule has 1 unspecified atom stereocenters. The lowest BCUT2D eigenvalue weighted by Gasteiger charge is -1.96. The van der Waals surface area contributed by atoms with Crippen LogP contribution in [0.4, 0.5) is 0 Å². The van der Waals surface area contributed by atoms with E-state index in [9.17, 15) is 0 Å². The van der Waals surface area contributed by atoms with Crippen molar-refractivity contribution in [3.05, 3.63) is 0 Å². The topological polar surface area (TPSA) is 77.8 Å². The van der Waals surface area contributed by atoms with Crippen molar-refractivity contribution < 1.29 is 10.6 Å². The third-order valence-corrected chi connectivity index (χ3v) is 0.584. The van der Waals surface area contributed by atoms with E-state index in [1.807, 2.05) is 6.92 Å². The van der Waals surface area contributed by atoms with Gasteiger partial charge in [-0.1, -0.05) is 13.3 Å². The van der Waals surface area contributed by atoms with Gasteiger partial charge in [-0.2, -0.15) is 0 Å². The molecule has 0 saturated carbocycles. The summed E-state index contributed by atoms with van der Waals surface area (Å²) in [5.74, 6) is 0. The van der Waals surface area contributed by atoms with Crippen molar-refractivity contribution in [2.45, 2.75) is 26.0 Å². The minimum absolute atomic E-state index is 0. The molecule has 0 aromatic rings. The molecule has 0 spiro atoms. The van der Waals surface area contributed by atoms with E-state index in [1.54, 1.807) is 0 Å². The summed E-state index contributed by atoms with van der Waals surface area (Å²) in [6.45, 7) is 1.98. The van der Waals surface area contributed by atoms with E-state index in [4.69, 9.17) is 10.8 Å². The summed E-state index contributed by atoms with van der Waals surface area (Å²) in [5.41, 5.74) is 4.96. The van der Waals surface area contributed by atoms with Gasteiger partial charge in [-0.25, -0.2) is 0 Å². The van der Waals surface area contributed by atoms with E-state index in [0.29, 0.717) is 6.42 Å². The van der Waals surface area contributed by atoms with Gasteiger partial charge in [0.05, 0.1) is 0 Å². The first-order chi connectivity index (χ1) is 2.77. The summed E-state index contributed by atoms with van der Waals surface area (Å²) in [5, 5.41) is 8.33. The Hall–Kier alpha value is -0.120. The molecule has 3 nitrogen and oxygen atoms in total. The fourth-order valence-corrected chi connectivity index (χ4v) is 0.296. The maximum absolute atomic E-state index is 8.33. The van der Waals surface area contributed by atoms with E-state index < -0.39 is 6.23 Å². The number of aliphatic hydroxyl groups is 1. The molecular weight excluding hydrogens is 94.0 g/mol. The van der Waals surface area contributed by atoms with Crippen LogP contribution < -0.4 is 5.73 Å². The second-order valence-electron chi connectivity index (χ2n) is 1.36. The fraction of sp³-hybridized carbons (Fsp3) is 1.00. The van der Waals surface area contributed by atoms with Crippen molar-refractivity contribution in [2.24, 2.45) is 5.73 Å². The van der Waals surface area contributed by atoms with Gasteiger partial charge in [0.15, 0.2) is 0 Å². The Morgan fingerprint density at radius 2 is 2.14 bits per heavy atom. The lowest BCUT2D eigenvalue weighted by atomic mass is 10.3. The molecule has 7 heavy (non-hydrogen) atoms. The van der Waals surface area contributed by atoms with Gasteiger partial charge in [-0.15, -0.1) is 0 Å². The first kappa shape index (κ1) is 9.99. The molecule has 0 aromatic carbocycles. The highest BCUT2D eigenvalue weighted by molar-refractivity contribution is 4.38. The Bertz CT molecular complexity index is 30.9. The fourth-order valence-electron chi connectivity index (χ4n) is 0.296. The molecule has 3 heteroatoms. The van der Waals surface area contributed by atoms with Crippen LogP contribution in [0.3, 0.4) is 0 Å². The number of hydrogen-bond donors (Lipinski definition) is 2. The van der Waals surface area contributed by atoms with Gasteiger partial charge in [0.1, 0.15) is 6.23 Å². The lowest BCUT2D eigenvalue weighted by molar-refractivity contribution is 0.171. The molecule has 5 N–H and O–H groups in total. The molecule has 0 amide bonds. The van der Waals surface area contributed by atoms with Gasteiger partial charge in [-0.3, -0.25) is 0 Å². The standard InChI is InChI=1S/C4H11NO.H2O/c1-2-3-4(5)6;/h4,6H,2-3,5H2,1H3;1H2. The quantitative estimate of drug-likeness (QED) is 0.455. The third-order valence-electron chi connectivity index (χ3n) is 0.584. The number of aliphatic hydroxyl groups excluding tert-OH is 1. The normalized spacial score (nSPS) is 12.4. The van der Waals surface area contributed by atoms with Gasteiger partial charge >= 0.3 is 0 Å². The second-order valence-corrected chi connectivity index (χ2v) is 1.36. The summed E-state index contributed by atoms with van der Waals surface area (Å²) in [6, 6.07) is 0. The highest BCUT2D eigenvalue weighted by Gasteiger charge is 1.87. The van der Waals surface area contributed by atoms with E-state index >= 15 is 0 Å². The Balaban J connectivity index is 0. The van der Waals surface area contributed by atoms with Gasteiger partial charge in [0.25, 0.3) is 0 Å². The smallest absolute Gasteiger partial charge is 0.102 e. The van der Waals surface area contributed by atoms with E-state index in [2.05, 4.69) is 0 Å². The Morgan fingerprint density at radius 1 is 1.71 bits per heavy atom. The van der Waals surface area contributed by atoms with Gasteiger partial charge in [-0.05, 0) is 6.42 Å². The third kappa shape index (κ3) is 10.7. The van der Waals surface area contributed by atoms with Crippen LogP contribution in [0, 0.1) is 0 Å². The van der Waals surface area contributed by atoms with E-state index in [-0.39, 0.29) is 5.48 Å². The van der Waals surface area contributed by atoms with Crippen molar-refractivity contribution in [3.8, 4) is 0 Å².